The van der Waals surface area contributed by atoms with E-state index in [2.05, 4.69) is 10.3 Å². The molecule has 1 aromatic heterocycles. The average molecular weight is 252 g/mol. The molecule has 0 radical (unpaired) electrons. The second kappa shape index (κ2) is 5.21. The minimum Gasteiger partial charge on any atom is -0.495 e. The van der Waals surface area contributed by atoms with Crippen LogP contribution in [0.5, 0.6) is 5.75 Å². The van der Waals surface area contributed by atoms with Crippen molar-refractivity contribution >= 4 is 11.6 Å². The fraction of sp³-hybridized carbons (Fsp3) is 0.250. The molecule has 5 heteroatoms. The van der Waals surface area contributed by atoms with Gasteiger partial charge in [0.15, 0.2) is 0 Å². The number of hydrogen-bond acceptors (Lipinski definition) is 3. The van der Waals surface area contributed by atoms with Crippen molar-refractivity contribution in [1.82, 2.24) is 14.9 Å². The first kappa shape index (κ1) is 12.0. The van der Waals surface area contributed by atoms with Crippen LogP contribution >= 0.6 is 11.6 Å². The summed E-state index contributed by atoms with van der Waals surface area (Å²) in [4.78, 5) is 4.28. The Morgan fingerprint density at radius 2 is 2.29 bits per heavy atom. The predicted molar refractivity (Wildman–Crippen MR) is 67.9 cm³/mol. The Bertz CT molecular complexity index is 510. The number of nitrogens with zero attached hydrogens (tertiary/aromatic N) is 2. The first-order valence-electron chi connectivity index (χ1n) is 5.27. The van der Waals surface area contributed by atoms with E-state index in [-0.39, 0.29) is 0 Å². The van der Waals surface area contributed by atoms with Crippen LogP contribution in [0.4, 0.5) is 0 Å². The van der Waals surface area contributed by atoms with E-state index in [1.54, 1.807) is 13.3 Å². The van der Waals surface area contributed by atoms with Gasteiger partial charge in [0.05, 0.1) is 18.7 Å². The maximum Gasteiger partial charge on any atom is 0.137 e. The minimum absolute atomic E-state index is 0.592. The summed E-state index contributed by atoms with van der Waals surface area (Å²) >= 11 is 6.10. The molecule has 17 heavy (non-hydrogen) atoms. The summed E-state index contributed by atoms with van der Waals surface area (Å²) in [6, 6.07) is 5.66. The van der Waals surface area contributed by atoms with Crippen LogP contribution in [-0.4, -0.2) is 23.7 Å². The Labute approximate surface area is 105 Å². The lowest BCUT2D eigenvalue weighted by molar-refractivity contribution is 0.415. The van der Waals surface area contributed by atoms with Crippen molar-refractivity contribution < 1.29 is 4.74 Å². The molecule has 0 saturated carbocycles. The maximum atomic E-state index is 6.10. The fourth-order valence-electron chi connectivity index (χ4n) is 1.66. The van der Waals surface area contributed by atoms with Gasteiger partial charge in [0.1, 0.15) is 11.6 Å². The molecule has 0 fully saturated rings. The predicted octanol–water partition coefficient (Wildman–Crippen LogP) is 2.25. The van der Waals surface area contributed by atoms with Crippen molar-refractivity contribution in [3.8, 4) is 11.4 Å². The number of halogens is 1. The van der Waals surface area contributed by atoms with Gasteiger partial charge in [-0.05, 0) is 25.2 Å². The Morgan fingerprint density at radius 1 is 1.47 bits per heavy atom. The van der Waals surface area contributed by atoms with Gasteiger partial charge < -0.3 is 14.6 Å². The number of nitrogens with one attached hydrogen (secondary N) is 1. The summed E-state index contributed by atoms with van der Waals surface area (Å²) in [6.07, 6.45) is 3.68. The molecule has 1 N–H and O–H groups in total. The third kappa shape index (κ3) is 2.43. The van der Waals surface area contributed by atoms with Gasteiger partial charge in [0.25, 0.3) is 0 Å². The molecule has 0 saturated heterocycles. The van der Waals surface area contributed by atoms with Gasteiger partial charge in [0.2, 0.25) is 0 Å². The third-order valence-electron chi connectivity index (χ3n) is 2.47. The smallest absolute Gasteiger partial charge is 0.137 e. The Morgan fingerprint density at radius 3 is 2.94 bits per heavy atom. The first-order valence-corrected chi connectivity index (χ1v) is 5.65. The monoisotopic (exact) mass is 251 g/mol. The molecule has 90 valence electrons. The lowest BCUT2D eigenvalue weighted by atomic mass is 10.3. The van der Waals surface area contributed by atoms with E-state index in [4.69, 9.17) is 16.3 Å². The van der Waals surface area contributed by atoms with Crippen LogP contribution in [0.1, 0.15) is 5.82 Å². The quantitative estimate of drug-likeness (QED) is 0.906. The highest BCUT2D eigenvalue weighted by Crippen LogP contribution is 2.26. The van der Waals surface area contributed by atoms with Gasteiger partial charge >= 0.3 is 0 Å². The largest absolute Gasteiger partial charge is 0.495 e. The van der Waals surface area contributed by atoms with Crippen LogP contribution in [0.2, 0.25) is 5.02 Å². The van der Waals surface area contributed by atoms with Gasteiger partial charge in [-0.1, -0.05) is 11.6 Å². The second-order valence-corrected chi connectivity index (χ2v) is 3.97. The van der Waals surface area contributed by atoms with Crippen molar-refractivity contribution in [2.75, 3.05) is 14.2 Å². The summed E-state index contributed by atoms with van der Waals surface area (Å²) in [6.45, 7) is 0.705. The normalized spacial score (nSPS) is 10.5. The summed E-state index contributed by atoms with van der Waals surface area (Å²) in [7, 11) is 3.49. The SMILES string of the molecule is CNCc1nccn1-c1ccc(OC)c(Cl)c1. The van der Waals surface area contributed by atoms with Crippen LogP contribution in [0, 0.1) is 0 Å². The van der Waals surface area contributed by atoms with Crippen LogP contribution in [0.3, 0.4) is 0 Å². The molecule has 0 spiro atoms. The van der Waals surface area contributed by atoms with Crippen molar-refractivity contribution in [2.24, 2.45) is 0 Å². The Hall–Kier alpha value is -1.52. The molecular weight excluding hydrogens is 238 g/mol. The van der Waals surface area contributed by atoms with Crippen molar-refractivity contribution in [3.63, 3.8) is 0 Å². The van der Waals surface area contributed by atoms with E-state index >= 15 is 0 Å². The third-order valence-corrected chi connectivity index (χ3v) is 2.76. The number of imidazole rings is 1. The molecule has 0 aliphatic carbocycles. The molecule has 0 amide bonds. The van der Waals surface area contributed by atoms with Crippen LogP contribution in [0.15, 0.2) is 30.6 Å². The highest BCUT2D eigenvalue weighted by Gasteiger charge is 2.07. The van der Waals surface area contributed by atoms with Gasteiger partial charge in [-0.2, -0.15) is 0 Å². The van der Waals surface area contributed by atoms with Crippen LogP contribution in [0.25, 0.3) is 5.69 Å². The van der Waals surface area contributed by atoms with Crippen LogP contribution < -0.4 is 10.1 Å². The Balaban J connectivity index is 2.39. The molecule has 0 aliphatic rings. The van der Waals surface area contributed by atoms with E-state index in [0.717, 1.165) is 11.5 Å². The zero-order chi connectivity index (χ0) is 12.3. The van der Waals surface area contributed by atoms with Crippen LogP contribution in [-0.2, 0) is 6.54 Å². The molecule has 1 heterocycles. The van der Waals surface area contributed by atoms with Gasteiger partial charge in [-0.3, -0.25) is 0 Å². The molecule has 0 atom stereocenters. The van der Waals surface area contributed by atoms with E-state index in [0.29, 0.717) is 17.3 Å². The zero-order valence-corrected chi connectivity index (χ0v) is 10.5. The van der Waals surface area contributed by atoms with Gasteiger partial charge in [-0.15, -0.1) is 0 Å². The van der Waals surface area contributed by atoms with Crippen molar-refractivity contribution in [2.45, 2.75) is 6.54 Å². The lowest BCUT2D eigenvalue weighted by Crippen LogP contribution is -2.11. The minimum atomic E-state index is 0.592. The van der Waals surface area contributed by atoms with E-state index < -0.39 is 0 Å². The number of aromatic nitrogens is 2. The van der Waals surface area contributed by atoms with E-state index in [1.807, 2.05) is 36.0 Å². The summed E-state index contributed by atoms with van der Waals surface area (Å²) in [5.74, 6) is 1.61. The van der Waals surface area contributed by atoms with Crippen molar-refractivity contribution in [1.29, 1.82) is 0 Å². The molecule has 1 aromatic carbocycles. The number of methoxy groups -OCH3 is 1. The fourth-order valence-corrected chi connectivity index (χ4v) is 1.92. The van der Waals surface area contributed by atoms with Gasteiger partial charge in [0, 0.05) is 18.1 Å². The molecule has 0 bridgehead atoms. The van der Waals surface area contributed by atoms with E-state index in [1.165, 1.54) is 0 Å². The Kier molecular flexibility index (Phi) is 3.66. The number of benzene rings is 1. The molecule has 2 aromatic rings. The standard InChI is InChI=1S/C12H14ClN3O/c1-14-8-12-15-5-6-16(12)9-3-4-11(17-2)10(13)7-9/h3-7,14H,8H2,1-2H3. The number of hydrogen-bond donors (Lipinski definition) is 1. The topological polar surface area (TPSA) is 39.1 Å². The summed E-state index contributed by atoms with van der Waals surface area (Å²) in [5, 5.41) is 3.67. The number of ether oxygens (including phenoxy) is 1. The molecule has 2 rings (SSSR count). The van der Waals surface area contributed by atoms with Crippen molar-refractivity contribution in [3.05, 3.63) is 41.4 Å². The summed E-state index contributed by atoms with van der Waals surface area (Å²) < 4.78 is 7.11. The second-order valence-electron chi connectivity index (χ2n) is 3.56. The molecule has 0 unspecified atom stereocenters. The maximum absolute atomic E-state index is 6.10. The lowest BCUT2D eigenvalue weighted by Gasteiger charge is -2.09. The average Bonchev–Trinajstić information content (AvgIpc) is 2.78. The summed E-state index contributed by atoms with van der Waals surface area (Å²) in [5.41, 5.74) is 0.971. The zero-order valence-electron chi connectivity index (χ0n) is 9.77. The van der Waals surface area contributed by atoms with E-state index in [9.17, 15) is 0 Å². The highest BCUT2D eigenvalue weighted by molar-refractivity contribution is 6.32. The first-order chi connectivity index (χ1) is 8.26. The number of rotatable bonds is 4. The molecular formula is C12H14ClN3O. The van der Waals surface area contributed by atoms with Gasteiger partial charge in [-0.25, -0.2) is 4.98 Å². The molecule has 0 aliphatic heterocycles. The highest BCUT2D eigenvalue weighted by atomic mass is 35.5. The molecule has 4 nitrogen and oxygen atoms in total.